The maximum absolute atomic E-state index is 12.8. The van der Waals surface area contributed by atoms with E-state index in [1.54, 1.807) is 30.1 Å². The molecule has 1 aromatic carbocycles. The molecule has 1 aliphatic heterocycles. The third-order valence-electron chi connectivity index (χ3n) is 5.42. The Balaban J connectivity index is 1.80. The average Bonchev–Trinajstić information content (AvgIpc) is 3.14. The molecule has 0 unspecified atom stereocenters. The van der Waals surface area contributed by atoms with Gasteiger partial charge < -0.3 is 14.0 Å². The van der Waals surface area contributed by atoms with Gasteiger partial charge in [0.1, 0.15) is 0 Å². The van der Waals surface area contributed by atoms with Crippen molar-refractivity contribution < 1.29 is 9.47 Å². The molecular weight excluding hydrogens is 372 g/mol. The van der Waals surface area contributed by atoms with E-state index in [1.165, 1.54) is 24.1 Å². The molecule has 0 bridgehead atoms. The highest BCUT2D eigenvalue weighted by atomic mass is 32.1. The molecule has 0 saturated carbocycles. The summed E-state index contributed by atoms with van der Waals surface area (Å²) < 4.78 is 13.6. The van der Waals surface area contributed by atoms with Crippen LogP contribution < -0.4 is 15.0 Å². The van der Waals surface area contributed by atoms with E-state index >= 15 is 0 Å². The topological polar surface area (TPSA) is 43.7 Å². The Kier molecular flexibility index (Phi) is 5.42. The lowest BCUT2D eigenvalue weighted by Gasteiger charge is -2.25. The highest BCUT2D eigenvalue weighted by Crippen LogP contribution is 2.37. The van der Waals surface area contributed by atoms with Gasteiger partial charge in [-0.2, -0.15) is 0 Å². The van der Waals surface area contributed by atoms with Gasteiger partial charge in [-0.05, 0) is 49.7 Å². The maximum atomic E-state index is 12.8. The van der Waals surface area contributed by atoms with Gasteiger partial charge in [-0.3, -0.25) is 9.69 Å². The Morgan fingerprint density at radius 2 is 1.79 bits per heavy atom. The van der Waals surface area contributed by atoms with Crippen LogP contribution in [0.5, 0.6) is 11.5 Å². The van der Waals surface area contributed by atoms with E-state index in [4.69, 9.17) is 9.47 Å². The molecular formula is C22H26N2O3S. The number of hydrogen-bond donors (Lipinski definition) is 0. The molecule has 1 saturated heterocycles. The summed E-state index contributed by atoms with van der Waals surface area (Å²) in [5.41, 5.74) is 2.12. The largest absolute Gasteiger partial charge is 0.493 e. The summed E-state index contributed by atoms with van der Waals surface area (Å²) in [7, 11) is 5.09. The van der Waals surface area contributed by atoms with Crippen LogP contribution in [0.4, 0.5) is 0 Å². The average molecular weight is 399 g/mol. The number of pyridine rings is 1. The van der Waals surface area contributed by atoms with Crippen LogP contribution >= 0.6 is 11.3 Å². The summed E-state index contributed by atoms with van der Waals surface area (Å²) in [5.74, 6) is 1.39. The lowest BCUT2D eigenvalue weighted by atomic mass is 10.1. The summed E-state index contributed by atoms with van der Waals surface area (Å²) >= 11 is 1.73. The van der Waals surface area contributed by atoms with Crippen molar-refractivity contribution in [3.63, 3.8) is 0 Å². The Morgan fingerprint density at radius 3 is 2.50 bits per heavy atom. The Hall–Kier alpha value is -2.31. The van der Waals surface area contributed by atoms with Gasteiger partial charge >= 0.3 is 0 Å². The Morgan fingerprint density at radius 1 is 1.04 bits per heavy atom. The zero-order chi connectivity index (χ0) is 19.7. The predicted molar refractivity (Wildman–Crippen MR) is 115 cm³/mol. The lowest BCUT2D eigenvalue weighted by Crippen LogP contribution is -2.28. The molecule has 3 heterocycles. The predicted octanol–water partition coefficient (Wildman–Crippen LogP) is 4.27. The van der Waals surface area contributed by atoms with Gasteiger partial charge in [0.2, 0.25) is 0 Å². The molecule has 28 heavy (non-hydrogen) atoms. The van der Waals surface area contributed by atoms with Gasteiger partial charge in [0.15, 0.2) is 11.5 Å². The highest BCUT2D eigenvalue weighted by molar-refractivity contribution is 7.19. The molecule has 0 radical (unpaired) electrons. The van der Waals surface area contributed by atoms with Crippen molar-refractivity contribution in [3.8, 4) is 22.6 Å². The summed E-state index contributed by atoms with van der Waals surface area (Å²) in [4.78, 5) is 16.5. The second kappa shape index (κ2) is 7.97. The van der Waals surface area contributed by atoms with Crippen molar-refractivity contribution in [1.29, 1.82) is 0 Å². The normalized spacial score (nSPS) is 15.1. The van der Waals surface area contributed by atoms with Crippen LogP contribution in [0.1, 0.15) is 24.1 Å². The fourth-order valence-electron chi connectivity index (χ4n) is 3.93. The van der Waals surface area contributed by atoms with Crippen molar-refractivity contribution in [2.24, 2.45) is 7.05 Å². The number of hydrogen-bond acceptors (Lipinski definition) is 5. The SMILES string of the molecule is COc1ccc(-c2cn(C)c(=O)c3cc(CN4CCCCC4)sc23)cc1OC. The highest BCUT2D eigenvalue weighted by Gasteiger charge is 2.17. The number of aromatic nitrogens is 1. The molecule has 0 atom stereocenters. The molecule has 2 aromatic heterocycles. The smallest absolute Gasteiger partial charge is 0.259 e. The van der Waals surface area contributed by atoms with E-state index < -0.39 is 0 Å². The van der Waals surface area contributed by atoms with Gasteiger partial charge in [-0.1, -0.05) is 12.5 Å². The van der Waals surface area contributed by atoms with Crippen LogP contribution in [-0.2, 0) is 13.6 Å². The molecule has 1 aliphatic rings. The van der Waals surface area contributed by atoms with Crippen LogP contribution in [0, 0.1) is 0 Å². The number of likely N-dealkylation sites (tertiary alicyclic amines) is 1. The number of thiophene rings is 1. The molecule has 6 heteroatoms. The second-order valence-corrected chi connectivity index (χ2v) is 8.46. The summed E-state index contributed by atoms with van der Waals surface area (Å²) in [6.45, 7) is 3.22. The fourth-order valence-corrected chi connectivity index (χ4v) is 5.15. The molecule has 0 aliphatic carbocycles. The first kappa shape index (κ1) is 19.0. The first-order chi connectivity index (χ1) is 13.6. The standard InChI is InChI=1S/C22H26N2O3S/c1-23-14-18(15-7-8-19(26-2)20(11-15)27-3)21-17(22(23)25)12-16(28-21)13-24-9-5-4-6-10-24/h7-8,11-12,14H,4-6,9-10,13H2,1-3H3. The van der Waals surface area contributed by atoms with Crippen LogP contribution in [0.2, 0.25) is 0 Å². The van der Waals surface area contributed by atoms with Gasteiger partial charge in [-0.15, -0.1) is 11.3 Å². The third kappa shape index (κ3) is 3.54. The van der Waals surface area contributed by atoms with Crippen LogP contribution in [-0.4, -0.2) is 36.8 Å². The number of fused-ring (bicyclic) bond motifs is 1. The van der Waals surface area contributed by atoms with Gasteiger partial charge in [0.25, 0.3) is 5.56 Å². The number of piperidine rings is 1. The maximum Gasteiger partial charge on any atom is 0.259 e. The van der Waals surface area contributed by atoms with Crippen molar-refractivity contribution in [3.05, 3.63) is 45.7 Å². The first-order valence-corrected chi connectivity index (χ1v) is 10.5. The number of rotatable bonds is 5. The van der Waals surface area contributed by atoms with Crippen LogP contribution in [0.15, 0.2) is 35.3 Å². The molecule has 3 aromatic rings. The van der Waals surface area contributed by atoms with Gasteiger partial charge in [-0.25, -0.2) is 0 Å². The minimum atomic E-state index is 0.0559. The molecule has 1 fully saturated rings. The van der Waals surface area contributed by atoms with Crippen LogP contribution in [0.3, 0.4) is 0 Å². The van der Waals surface area contributed by atoms with Gasteiger partial charge in [0.05, 0.1) is 19.6 Å². The van der Waals surface area contributed by atoms with Gasteiger partial charge in [0, 0.05) is 34.9 Å². The molecule has 4 rings (SSSR count). The first-order valence-electron chi connectivity index (χ1n) is 9.67. The van der Waals surface area contributed by atoms with E-state index in [0.29, 0.717) is 11.5 Å². The number of methoxy groups -OCH3 is 2. The van der Waals surface area contributed by atoms with Crippen LogP contribution in [0.25, 0.3) is 21.2 Å². The summed E-state index contributed by atoms with van der Waals surface area (Å²) in [6.07, 6.45) is 5.78. The summed E-state index contributed by atoms with van der Waals surface area (Å²) in [5, 5.41) is 0.798. The monoisotopic (exact) mass is 398 g/mol. The minimum absolute atomic E-state index is 0.0559. The third-order valence-corrected chi connectivity index (χ3v) is 6.58. The van der Waals surface area contributed by atoms with E-state index in [1.807, 2.05) is 31.4 Å². The van der Waals surface area contributed by atoms with E-state index in [0.717, 1.165) is 40.8 Å². The summed E-state index contributed by atoms with van der Waals surface area (Å²) in [6, 6.07) is 7.99. The number of ether oxygens (including phenoxy) is 2. The molecule has 148 valence electrons. The molecule has 0 spiro atoms. The number of aryl methyl sites for hydroxylation is 1. The quantitative estimate of drug-likeness (QED) is 0.644. The van der Waals surface area contributed by atoms with E-state index in [-0.39, 0.29) is 5.56 Å². The van der Waals surface area contributed by atoms with E-state index in [9.17, 15) is 4.79 Å². The number of nitrogens with zero attached hydrogens (tertiary/aromatic N) is 2. The van der Waals surface area contributed by atoms with Crippen molar-refractivity contribution >= 4 is 21.4 Å². The molecule has 0 N–H and O–H groups in total. The van der Waals surface area contributed by atoms with Crippen molar-refractivity contribution in [2.75, 3.05) is 27.3 Å². The Labute approximate surface area is 169 Å². The lowest BCUT2D eigenvalue weighted by molar-refractivity contribution is 0.223. The van der Waals surface area contributed by atoms with Crippen molar-refractivity contribution in [2.45, 2.75) is 25.8 Å². The fraction of sp³-hybridized carbons (Fsp3) is 0.409. The zero-order valence-corrected chi connectivity index (χ0v) is 17.5. The van der Waals surface area contributed by atoms with Crippen molar-refractivity contribution in [1.82, 2.24) is 9.47 Å². The zero-order valence-electron chi connectivity index (χ0n) is 16.7. The number of benzene rings is 1. The van der Waals surface area contributed by atoms with E-state index in [2.05, 4.69) is 11.0 Å². The minimum Gasteiger partial charge on any atom is -0.493 e. The second-order valence-electron chi connectivity index (χ2n) is 7.32. The molecule has 5 nitrogen and oxygen atoms in total. The molecule has 0 amide bonds. The Bertz CT molecular complexity index is 1050.